The smallest absolute Gasteiger partial charge is 0.294 e. The van der Waals surface area contributed by atoms with Gasteiger partial charge in [-0.05, 0) is 11.6 Å². The molecule has 0 radical (unpaired) electrons. The first-order valence-corrected chi connectivity index (χ1v) is 5.72. The number of Topliss-reactive ketones (excluding diaryl/α,β-unsaturated/α-hetero) is 1. The Balaban J connectivity index is 2.28. The molecule has 98 valence electrons. The summed E-state index contributed by atoms with van der Waals surface area (Å²) < 4.78 is 38.4. The molecule has 0 aliphatic heterocycles. The van der Waals surface area contributed by atoms with Gasteiger partial charge in [0.25, 0.3) is 0 Å². The number of rotatable bonds is 3. The summed E-state index contributed by atoms with van der Waals surface area (Å²) in [7, 11) is 0. The van der Waals surface area contributed by atoms with Crippen LogP contribution in [0.25, 0.3) is 0 Å². The van der Waals surface area contributed by atoms with E-state index in [9.17, 15) is 18.0 Å². The molecule has 0 atom stereocenters. The van der Waals surface area contributed by atoms with Crippen molar-refractivity contribution >= 4 is 5.78 Å². The van der Waals surface area contributed by atoms with Crippen LogP contribution in [0.4, 0.5) is 13.2 Å². The Morgan fingerprint density at radius 1 is 0.895 bits per heavy atom. The quantitative estimate of drug-likeness (QED) is 0.762. The Labute approximate surface area is 108 Å². The summed E-state index contributed by atoms with van der Waals surface area (Å²) in [5.74, 6) is -0.322. The van der Waals surface area contributed by atoms with Crippen LogP contribution in [-0.2, 0) is 12.6 Å². The maximum atomic E-state index is 12.8. The SMILES string of the molecule is O=C(Cc1ccccc1C(F)(F)F)c1ccccc1. The molecule has 0 heterocycles. The van der Waals surface area contributed by atoms with Crippen molar-refractivity contribution in [1.82, 2.24) is 0 Å². The molecule has 0 aromatic heterocycles. The van der Waals surface area contributed by atoms with Gasteiger partial charge in [0.2, 0.25) is 0 Å². The molecule has 0 N–H and O–H groups in total. The summed E-state index contributed by atoms with van der Waals surface area (Å²) in [5.41, 5.74) is -0.331. The lowest BCUT2D eigenvalue weighted by Crippen LogP contribution is -2.12. The lowest BCUT2D eigenvalue weighted by Gasteiger charge is -2.12. The Bertz CT molecular complexity index is 573. The number of carbonyl (C=O) groups excluding carboxylic acids is 1. The van der Waals surface area contributed by atoms with Crippen molar-refractivity contribution in [1.29, 1.82) is 0 Å². The lowest BCUT2D eigenvalue weighted by atomic mass is 9.98. The Morgan fingerprint density at radius 2 is 1.47 bits per heavy atom. The summed E-state index contributed by atoms with van der Waals surface area (Å²) in [4.78, 5) is 11.9. The van der Waals surface area contributed by atoms with Gasteiger partial charge in [-0.2, -0.15) is 13.2 Å². The average molecular weight is 264 g/mol. The van der Waals surface area contributed by atoms with E-state index in [1.165, 1.54) is 18.2 Å². The van der Waals surface area contributed by atoms with Gasteiger partial charge in [0.1, 0.15) is 0 Å². The van der Waals surface area contributed by atoms with Crippen molar-refractivity contribution in [2.24, 2.45) is 0 Å². The van der Waals surface area contributed by atoms with Crippen molar-refractivity contribution in [3.05, 3.63) is 71.3 Å². The molecule has 0 aliphatic rings. The molecule has 2 aromatic carbocycles. The summed E-state index contributed by atoms with van der Waals surface area (Å²) in [6.45, 7) is 0. The van der Waals surface area contributed by atoms with Crippen LogP contribution in [0.15, 0.2) is 54.6 Å². The molecule has 0 aliphatic carbocycles. The van der Waals surface area contributed by atoms with E-state index >= 15 is 0 Å². The number of halogens is 3. The second kappa shape index (κ2) is 5.26. The van der Waals surface area contributed by atoms with Gasteiger partial charge >= 0.3 is 6.18 Å². The van der Waals surface area contributed by atoms with Gasteiger partial charge in [-0.25, -0.2) is 0 Å². The van der Waals surface area contributed by atoms with Crippen LogP contribution in [0.2, 0.25) is 0 Å². The lowest BCUT2D eigenvalue weighted by molar-refractivity contribution is -0.138. The number of ketones is 1. The van der Waals surface area contributed by atoms with E-state index in [2.05, 4.69) is 0 Å². The van der Waals surface area contributed by atoms with Crippen molar-refractivity contribution < 1.29 is 18.0 Å². The molecule has 2 rings (SSSR count). The van der Waals surface area contributed by atoms with Crippen molar-refractivity contribution in [3.63, 3.8) is 0 Å². The van der Waals surface area contributed by atoms with Gasteiger partial charge in [0.05, 0.1) is 5.56 Å². The number of hydrogen-bond donors (Lipinski definition) is 0. The molecular formula is C15H11F3O. The van der Waals surface area contributed by atoms with Crippen LogP contribution >= 0.6 is 0 Å². The van der Waals surface area contributed by atoms with Crippen LogP contribution in [0.1, 0.15) is 21.5 Å². The third kappa shape index (κ3) is 3.22. The van der Waals surface area contributed by atoms with Crippen molar-refractivity contribution in [2.75, 3.05) is 0 Å². The number of alkyl halides is 3. The van der Waals surface area contributed by atoms with Gasteiger partial charge < -0.3 is 0 Å². The first kappa shape index (κ1) is 13.3. The van der Waals surface area contributed by atoms with E-state index in [-0.39, 0.29) is 17.8 Å². The van der Waals surface area contributed by atoms with Crippen LogP contribution in [0.3, 0.4) is 0 Å². The van der Waals surface area contributed by atoms with Gasteiger partial charge in [0.15, 0.2) is 5.78 Å². The fourth-order valence-electron chi connectivity index (χ4n) is 1.85. The van der Waals surface area contributed by atoms with Crippen molar-refractivity contribution in [3.8, 4) is 0 Å². The molecule has 0 saturated carbocycles. The number of hydrogen-bond acceptors (Lipinski definition) is 1. The van der Waals surface area contributed by atoms with Gasteiger partial charge in [-0.15, -0.1) is 0 Å². The molecule has 0 bridgehead atoms. The monoisotopic (exact) mass is 264 g/mol. The Kier molecular flexibility index (Phi) is 3.69. The standard InChI is InChI=1S/C15H11F3O/c16-15(17,18)13-9-5-4-8-12(13)10-14(19)11-6-2-1-3-7-11/h1-9H,10H2. The molecule has 0 spiro atoms. The Hall–Kier alpha value is -2.10. The van der Waals surface area contributed by atoms with Crippen LogP contribution < -0.4 is 0 Å². The molecule has 4 heteroatoms. The molecule has 0 fully saturated rings. The summed E-state index contributed by atoms with van der Waals surface area (Å²) in [6, 6.07) is 13.5. The average Bonchev–Trinajstić information content (AvgIpc) is 2.39. The van der Waals surface area contributed by atoms with E-state index in [1.807, 2.05) is 0 Å². The minimum Gasteiger partial charge on any atom is -0.294 e. The van der Waals surface area contributed by atoms with Gasteiger partial charge in [-0.3, -0.25) is 4.79 Å². The molecule has 19 heavy (non-hydrogen) atoms. The third-order valence-electron chi connectivity index (χ3n) is 2.77. The first-order valence-electron chi connectivity index (χ1n) is 5.72. The normalized spacial score (nSPS) is 11.3. The highest BCUT2D eigenvalue weighted by Gasteiger charge is 2.33. The van der Waals surface area contributed by atoms with E-state index in [0.717, 1.165) is 6.07 Å². The summed E-state index contributed by atoms with van der Waals surface area (Å²) >= 11 is 0. The Morgan fingerprint density at radius 3 is 2.11 bits per heavy atom. The minimum atomic E-state index is -4.44. The van der Waals surface area contributed by atoms with Crippen LogP contribution in [-0.4, -0.2) is 5.78 Å². The minimum absolute atomic E-state index is 0.00357. The second-order valence-corrected chi connectivity index (χ2v) is 4.12. The van der Waals surface area contributed by atoms with Crippen LogP contribution in [0, 0.1) is 0 Å². The topological polar surface area (TPSA) is 17.1 Å². The summed E-state index contributed by atoms with van der Waals surface area (Å²) in [6.07, 6.45) is -4.69. The molecule has 0 saturated heterocycles. The van der Waals surface area contributed by atoms with Crippen molar-refractivity contribution in [2.45, 2.75) is 12.6 Å². The molecule has 0 unspecified atom stereocenters. The largest absolute Gasteiger partial charge is 0.416 e. The van der Waals surface area contributed by atoms with E-state index in [0.29, 0.717) is 5.56 Å². The predicted octanol–water partition coefficient (Wildman–Crippen LogP) is 4.13. The van der Waals surface area contributed by atoms with Gasteiger partial charge in [-0.1, -0.05) is 48.5 Å². The zero-order valence-electron chi connectivity index (χ0n) is 9.95. The highest BCUT2D eigenvalue weighted by atomic mass is 19.4. The van der Waals surface area contributed by atoms with Crippen LogP contribution in [0.5, 0.6) is 0 Å². The fraction of sp³-hybridized carbons (Fsp3) is 0.133. The van der Waals surface area contributed by atoms with Gasteiger partial charge in [0, 0.05) is 12.0 Å². The highest BCUT2D eigenvalue weighted by Crippen LogP contribution is 2.32. The molecule has 0 amide bonds. The maximum absolute atomic E-state index is 12.8. The third-order valence-corrected chi connectivity index (χ3v) is 2.77. The maximum Gasteiger partial charge on any atom is 0.416 e. The highest BCUT2D eigenvalue weighted by molar-refractivity contribution is 5.97. The van der Waals surface area contributed by atoms with E-state index in [4.69, 9.17) is 0 Å². The fourth-order valence-corrected chi connectivity index (χ4v) is 1.85. The number of benzene rings is 2. The molecule has 2 aromatic rings. The van der Waals surface area contributed by atoms with E-state index < -0.39 is 11.7 Å². The first-order chi connectivity index (χ1) is 8.98. The second-order valence-electron chi connectivity index (χ2n) is 4.12. The zero-order valence-corrected chi connectivity index (χ0v) is 9.95. The zero-order chi connectivity index (χ0) is 13.9. The van der Waals surface area contributed by atoms with E-state index in [1.54, 1.807) is 30.3 Å². The summed E-state index contributed by atoms with van der Waals surface area (Å²) in [5, 5.41) is 0. The molecule has 1 nitrogen and oxygen atoms in total. The predicted molar refractivity (Wildman–Crippen MR) is 65.9 cm³/mol. The number of carbonyl (C=O) groups is 1. The molecular weight excluding hydrogens is 253 g/mol.